The maximum atomic E-state index is 12.5. The Balaban J connectivity index is 3.27. The van der Waals surface area contributed by atoms with E-state index in [0.717, 1.165) is 6.07 Å². The molecule has 1 aromatic carbocycles. The maximum absolute atomic E-state index is 12.5. The minimum absolute atomic E-state index is 0.189. The molecule has 0 bridgehead atoms. The van der Waals surface area contributed by atoms with Crippen LogP contribution in [-0.4, -0.2) is 20.7 Å². The van der Waals surface area contributed by atoms with Crippen LogP contribution in [0.15, 0.2) is 28.0 Å². The van der Waals surface area contributed by atoms with Gasteiger partial charge in [-0.05, 0) is 34.4 Å². The summed E-state index contributed by atoms with van der Waals surface area (Å²) in [5, 5.41) is 0. The summed E-state index contributed by atoms with van der Waals surface area (Å²) in [6, 6.07) is 3.78. The molecular weight excluding hydrogens is 352 g/mol. The zero-order chi connectivity index (χ0) is 16.1. The van der Waals surface area contributed by atoms with Crippen LogP contribution in [-0.2, 0) is 29.8 Å². The van der Waals surface area contributed by atoms with Gasteiger partial charge in [0, 0.05) is 4.90 Å². The highest BCUT2D eigenvalue weighted by atomic mass is 32.2. The number of aryl methyl sites for hydroxylation is 1. The van der Waals surface area contributed by atoms with Crippen LogP contribution in [0.5, 0.6) is 0 Å². The van der Waals surface area contributed by atoms with Gasteiger partial charge in [-0.3, -0.25) is 0 Å². The van der Waals surface area contributed by atoms with E-state index in [4.69, 9.17) is 0 Å². The standard InChI is InChI=1S/C10H11F3O5PS2/c1-2-7-4-3-5-8(20-10(11,12)13)9(7)21(15,16)18-6-17-19-14/h3-5,19H,2,6H2,1H3/q+1. The van der Waals surface area contributed by atoms with Gasteiger partial charge in [-0.15, -0.1) is 4.52 Å². The lowest BCUT2D eigenvalue weighted by Crippen LogP contribution is -2.13. The molecule has 1 aromatic rings. The summed E-state index contributed by atoms with van der Waals surface area (Å²) in [6.45, 7) is 0.768. The van der Waals surface area contributed by atoms with Crippen LogP contribution in [0.3, 0.4) is 0 Å². The van der Waals surface area contributed by atoms with E-state index in [-0.39, 0.29) is 12.0 Å². The number of hydrogen-bond acceptors (Lipinski definition) is 6. The fraction of sp³-hybridized carbons (Fsp3) is 0.400. The number of hydrogen-bond donors (Lipinski definition) is 0. The van der Waals surface area contributed by atoms with Gasteiger partial charge in [-0.25, -0.2) is 4.18 Å². The van der Waals surface area contributed by atoms with Crippen molar-refractivity contribution >= 4 is 30.6 Å². The quantitative estimate of drug-likeness (QED) is 0.243. The fourth-order valence-electron chi connectivity index (χ4n) is 1.50. The van der Waals surface area contributed by atoms with Crippen molar-refractivity contribution in [2.45, 2.75) is 28.6 Å². The van der Waals surface area contributed by atoms with Gasteiger partial charge in [0.2, 0.25) is 6.79 Å². The molecule has 11 heteroatoms. The van der Waals surface area contributed by atoms with Crippen LogP contribution < -0.4 is 0 Å². The van der Waals surface area contributed by atoms with E-state index in [2.05, 4.69) is 8.71 Å². The normalized spacial score (nSPS) is 12.8. The summed E-state index contributed by atoms with van der Waals surface area (Å²) in [7, 11) is -5.70. The molecule has 0 spiro atoms. The Hall–Kier alpha value is -0.670. The zero-order valence-corrected chi connectivity index (χ0v) is 13.3. The number of halogens is 3. The maximum Gasteiger partial charge on any atom is 0.496 e. The van der Waals surface area contributed by atoms with Gasteiger partial charge in [0.25, 0.3) is 0 Å². The molecule has 0 saturated carbocycles. The predicted octanol–water partition coefficient (Wildman–Crippen LogP) is 3.48. The molecule has 1 atom stereocenters. The van der Waals surface area contributed by atoms with Gasteiger partial charge in [0.1, 0.15) is 4.90 Å². The Morgan fingerprint density at radius 3 is 2.52 bits per heavy atom. The van der Waals surface area contributed by atoms with Crippen molar-refractivity contribution < 1.29 is 34.9 Å². The highest BCUT2D eigenvalue weighted by molar-refractivity contribution is 8.00. The third-order valence-corrected chi connectivity index (χ3v) is 4.78. The van der Waals surface area contributed by atoms with E-state index < -0.39 is 52.7 Å². The molecule has 1 unspecified atom stereocenters. The number of thioether (sulfide) groups is 1. The second kappa shape index (κ2) is 7.55. The fourth-order valence-corrected chi connectivity index (χ4v) is 3.88. The molecule has 0 radical (unpaired) electrons. The lowest BCUT2D eigenvalue weighted by Gasteiger charge is -2.14. The first-order valence-corrected chi connectivity index (χ1v) is 8.51. The van der Waals surface area contributed by atoms with Crippen molar-refractivity contribution in [1.29, 1.82) is 0 Å². The van der Waals surface area contributed by atoms with Gasteiger partial charge in [0.15, 0.2) is 0 Å². The van der Waals surface area contributed by atoms with E-state index in [1.165, 1.54) is 12.1 Å². The topological polar surface area (TPSA) is 69.7 Å². The largest absolute Gasteiger partial charge is 0.496 e. The van der Waals surface area contributed by atoms with Crippen molar-refractivity contribution in [1.82, 2.24) is 0 Å². The first-order valence-electron chi connectivity index (χ1n) is 5.47. The third-order valence-electron chi connectivity index (χ3n) is 2.24. The summed E-state index contributed by atoms with van der Waals surface area (Å²) >= 11 is -0.537. The summed E-state index contributed by atoms with van der Waals surface area (Å²) < 4.78 is 80.4. The third kappa shape index (κ3) is 5.55. The van der Waals surface area contributed by atoms with Crippen molar-refractivity contribution in [3.8, 4) is 0 Å². The van der Waals surface area contributed by atoms with E-state index in [1.807, 2.05) is 0 Å². The van der Waals surface area contributed by atoms with Crippen LogP contribution >= 0.6 is 20.4 Å². The van der Waals surface area contributed by atoms with Gasteiger partial charge in [0.05, 0.1) is 0 Å². The molecule has 0 heterocycles. The van der Waals surface area contributed by atoms with Crippen LogP contribution in [0.2, 0.25) is 0 Å². The highest BCUT2D eigenvalue weighted by Gasteiger charge is 2.34. The van der Waals surface area contributed by atoms with Crippen LogP contribution in [0.4, 0.5) is 13.2 Å². The first-order chi connectivity index (χ1) is 9.71. The first kappa shape index (κ1) is 18.4. The highest BCUT2D eigenvalue weighted by Crippen LogP contribution is 2.41. The average molecular weight is 363 g/mol. The molecule has 0 N–H and O–H groups in total. The molecule has 21 heavy (non-hydrogen) atoms. The van der Waals surface area contributed by atoms with Crippen LogP contribution in [0.1, 0.15) is 12.5 Å². The second-order valence-electron chi connectivity index (χ2n) is 3.56. The Morgan fingerprint density at radius 1 is 1.33 bits per heavy atom. The Bertz CT molecular complexity index is 603. The molecule has 0 amide bonds. The van der Waals surface area contributed by atoms with E-state index in [0.29, 0.717) is 0 Å². The Kier molecular flexibility index (Phi) is 6.61. The number of alkyl halides is 3. The van der Waals surface area contributed by atoms with Crippen LogP contribution in [0.25, 0.3) is 0 Å². The molecular formula is C10H11F3O5PS2+. The second-order valence-corrected chi connectivity index (χ2v) is 6.68. The molecule has 0 saturated heterocycles. The van der Waals surface area contributed by atoms with E-state index >= 15 is 0 Å². The molecule has 118 valence electrons. The lowest BCUT2D eigenvalue weighted by atomic mass is 10.2. The lowest BCUT2D eigenvalue weighted by molar-refractivity contribution is -0.0329. The summed E-state index contributed by atoms with van der Waals surface area (Å²) in [5.41, 5.74) is -4.45. The molecule has 1 rings (SSSR count). The molecule has 0 aromatic heterocycles. The minimum Gasteiger partial charge on any atom is -0.232 e. The van der Waals surface area contributed by atoms with Gasteiger partial charge < -0.3 is 0 Å². The summed E-state index contributed by atoms with van der Waals surface area (Å²) in [6.07, 6.45) is 0.203. The van der Waals surface area contributed by atoms with Gasteiger partial charge in [-0.1, -0.05) is 19.1 Å². The summed E-state index contributed by atoms with van der Waals surface area (Å²) in [5.74, 6) is 0. The van der Waals surface area contributed by atoms with Crippen molar-refractivity contribution in [2.75, 3.05) is 6.79 Å². The van der Waals surface area contributed by atoms with Crippen molar-refractivity contribution in [3.05, 3.63) is 23.8 Å². The molecule has 0 aliphatic rings. The minimum atomic E-state index is -4.64. The molecule has 5 nitrogen and oxygen atoms in total. The number of rotatable bonds is 7. The number of benzene rings is 1. The molecule has 0 fully saturated rings. The van der Waals surface area contributed by atoms with E-state index in [9.17, 15) is 26.2 Å². The predicted molar refractivity (Wildman–Crippen MR) is 71.0 cm³/mol. The summed E-state index contributed by atoms with van der Waals surface area (Å²) in [4.78, 5) is -1.03. The van der Waals surface area contributed by atoms with Gasteiger partial charge in [-0.2, -0.15) is 21.6 Å². The SMILES string of the molecule is CCc1cccc(SC(F)(F)F)c1S(=O)(=O)OCO[PH+]=O. The molecule has 0 aliphatic carbocycles. The van der Waals surface area contributed by atoms with E-state index in [1.54, 1.807) is 6.92 Å². The molecule has 0 aliphatic heterocycles. The van der Waals surface area contributed by atoms with Crippen molar-refractivity contribution in [2.24, 2.45) is 0 Å². The average Bonchev–Trinajstić information content (AvgIpc) is 2.36. The van der Waals surface area contributed by atoms with Crippen LogP contribution in [0, 0.1) is 0 Å². The monoisotopic (exact) mass is 363 g/mol. The zero-order valence-electron chi connectivity index (χ0n) is 10.6. The smallest absolute Gasteiger partial charge is 0.232 e. The Morgan fingerprint density at radius 2 is 2.00 bits per heavy atom. The van der Waals surface area contributed by atoms with Gasteiger partial charge >= 0.3 is 24.3 Å². The van der Waals surface area contributed by atoms with Crippen molar-refractivity contribution in [3.63, 3.8) is 0 Å². The Labute approximate surface area is 125 Å².